The molecule has 4 nitrogen and oxygen atoms in total. The third-order valence-electron chi connectivity index (χ3n) is 4.12. The highest BCUT2D eigenvalue weighted by Gasteiger charge is 2.28. The van der Waals surface area contributed by atoms with Gasteiger partial charge >= 0.3 is 6.09 Å². The maximum Gasteiger partial charge on any atom is 0.410 e. The minimum atomic E-state index is -0.434. The Morgan fingerprint density at radius 1 is 1.23 bits per heavy atom. The second kappa shape index (κ2) is 5.67. The zero-order valence-electron chi connectivity index (χ0n) is 13.5. The normalized spacial score (nSPS) is 17.0. The van der Waals surface area contributed by atoms with Gasteiger partial charge in [0.25, 0.3) is 0 Å². The summed E-state index contributed by atoms with van der Waals surface area (Å²) in [6.45, 7) is 7.19. The van der Waals surface area contributed by atoms with Gasteiger partial charge in [-0.25, -0.2) is 4.79 Å². The topological polar surface area (TPSA) is 42.7 Å². The fourth-order valence-electron chi connectivity index (χ4n) is 3.07. The summed E-state index contributed by atoms with van der Waals surface area (Å²) in [5, 5.41) is 1.19. The van der Waals surface area contributed by atoms with Crippen LogP contribution in [0.1, 0.15) is 45.1 Å². The number of fused-ring (bicyclic) bond motifs is 1. The highest BCUT2D eigenvalue weighted by molar-refractivity contribution is 5.81. The summed E-state index contributed by atoms with van der Waals surface area (Å²) in [6.07, 6.45) is 3.46. The molecule has 1 aliphatic rings. The van der Waals surface area contributed by atoms with Crippen LogP contribution in [-0.2, 0) is 4.74 Å². The van der Waals surface area contributed by atoms with E-state index in [1.165, 1.54) is 10.9 Å². The lowest BCUT2D eigenvalue weighted by atomic mass is 9.88. The van der Waals surface area contributed by atoms with E-state index >= 15 is 0 Å². The first-order chi connectivity index (χ1) is 10.4. The number of hydrogen-bond donors (Lipinski definition) is 0. The molecular formula is C18H23NO3. The fourth-order valence-corrected chi connectivity index (χ4v) is 3.07. The van der Waals surface area contributed by atoms with Crippen LogP contribution in [0.15, 0.2) is 34.9 Å². The number of amides is 1. The highest BCUT2D eigenvalue weighted by atomic mass is 16.6. The van der Waals surface area contributed by atoms with Crippen molar-refractivity contribution in [3.63, 3.8) is 0 Å². The first-order valence-electron chi connectivity index (χ1n) is 7.88. The first-order valence-corrected chi connectivity index (χ1v) is 7.88. The Kier molecular flexibility index (Phi) is 3.85. The average Bonchev–Trinajstić information content (AvgIpc) is 2.94. The smallest absolute Gasteiger partial charge is 0.410 e. The van der Waals surface area contributed by atoms with Gasteiger partial charge in [-0.1, -0.05) is 12.1 Å². The predicted molar refractivity (Wildman–Crippen MR) is 86.0 cm³/mol. The number of benzene rings is 1. The van der Waals surface area contributed by atoms with E-state index in [0.717, 1.165) is 31.5 Å². The van der Waals surface area contributed by atoms with Crippen LogP contribution in [-0.4, -0.2) is 29.7 Å². The van der Waals surface area contributed by atoms with Crippen LogP contribution in [0, 0.1) is 0 Å². The van der Waals surface area contributed by atoms with Gasteiger partial charge < -0.3 is 14.1 Å². The van der Waals surface area contributed by atoms with Gasteiger partial charge in [-0.3, -0.25) is 0 Å². The van der Waals surface area contributed by atoms with Crippen molar-refractivity contribution in [3.05, 3.63) is 36.1 Å². The molecule has 0 N–H and O–H groups in total. The van der Waals surface area contributed by atoms with Crippen LogP contribution in [0.4, 0.5) is 4.79 Å². The van der Waals surface area contributed by atoms with Crippen LogP contribution >= 0.6 is 0 Å². The van der Waals surface area contributed by atoms with Gasteiger partial charge in [0, 0.05) is 18.5 Å². The van der Waals surface area contributed by atoms with Gasteiger partial charge in [0.15, 0.2) is 0 Å². The molecule has 118 valence electrons. The van der Waals surface area contributed by atoms with Gasteiger partial charge in [0.05, 0.1) is 6.26 Å². The van der Waals surface area contributed by atoms with Crippen LogP contribution in [0.5, 0.6) is 0 Å². The van der Waals surface area contributed by atoms with Crippen molar-refractivity contribution in [2.24, 2.45) is 0 Å². The Morgan fingerprint density at radius 2 is 1.95 bits per heavy atom. The lowest BCUT2D eigenvalue weighted by Gasteiger charge is -2.33. The van der Waals surface area contributed by atoms with E-state index in [0.29, 0.717) is 5.92 Å². The van der Waals surface area contributed by atoms with Gasteiger partial charge in [-0.15, -0.1) is 0 Å². The summed E-state index contributed by atoms with van der Waals surface area (Å²) >= 11 is 0. The van der Waals surface area contributed by atoms with Crippen molar-refractivity contribution in [2.45, 2.75) is 45.1 Å². The summed E-state index contributed by atoms with van der Waals surface area (Å²) in [5.41, 5.74) is 1.83. The van der Waals surface area contributed by atoms with Crippen molar-refractivity contribution < 1.29 is 13.9 Å². The molecule has 1 aromatic carbocycles. The predicted octanol–water partition coefficient (Wildman–Crippen LogP) is 4.55. The highest BCUT2D eigenvalue weighted by Crippen LogP contribution is 2.33. The second-order valence-corrected chi connectivity index (χ2v) is 6.92. The number of carbonyl (C=O) groups excluding carboxylic acids is 1. The third kappa shape index (κ3) is 3.11. The van der Waals surface area contributed by atoms with E-state index in [1.807, 2.05) is 43.9 Å². The number of furan rings is 1. The molecule has 0 aliphatic carbocycles. The van der Waals surface area contributed by atoms with E-state index < -0.39 is 5.60 Å². The van der Waals surface area contributed by atoms with E-state index in [1.54, 1.807) is 6.26 Å². The molecule has 22 heavy (non-hydrogen) atoms. The molecule has 1 aromatic heterocycles. The lowest BCUT2D eigenvalue weighted by Crippen LogP contribution is -2.41. The molecule has 3 rings (SSSR count). The Labute approximate surface area is 131 Å². The molecule has 0 spiro atoms. The number of rotatable bonds is 1. The summed E-state index contributed by atoms with van der Waals surface area (Å²) in [4.78, 5) is 13.9. The Balaban J connectivity index is 1.67. The molecule has 1 saturated heterocycles. The fraction of sp³-hybridized carbons (Fsp3) is 0.500. The first kappa shape index (κ1) is 14.9. The van der Waals surface area contributed by atoms with Crippen molar-refractivity contribution >= 4 is 17.1 Å². The molecule has 2 heterocycles. The number of piperidine rings is 1. The number of carbonyl (C=O) groups is 1. The number of likely N-dealkylation sites (tertiary alicyclic amines) is 1. The summed E-state index contributed by atoms with van der Waals surface area (Å²) in [7, 11) is 0. The largest absolute Gasteiger partial charge is 0.464 e. The molecule has 0 bridgehead atoms. The summed E-state index contributed by atoms with van der Waals surface area (Å²) in [6, 6.07) is 8.24. The van der Waals surface area contributed by atoms with Gasteiger partial charge in [0.2, 0.25) is 0 Å². The van der Waals surface area contributed by atoms with Gasteiger partial charge in [0.1, 0.15) is 11.2 Å². The van der Waals surface area contributed by atoms with E-state index in [9.17, 15) is 4.79 Å². The van der Waals surface area contributed by atoms with E-state index in [4.69, 9.17) is 9.15 Å². The van der Waals surface area contributed by atoms with Crippen LogP contribution in [0.25, 0.3) is 11.0 Å². The Hall–Kier alpha value is -1.97. The third-order valence-corrected chi connectivity index (χ3v) is 4.12. The van der Waals surface area contributed by atoms with E-state index in [2.05, 4.69) is 6.07 Å². The van der Waals surface area contributed by atoms with Crippen molar-refractivity contribution in [1.29, 1.82) is 0 Å². The molecule has 2 aromatic rings. The lowest BCUT2D eigenvalue weighted by molar-refractivity contribution is 0.0205. The number of hydrogen-bond acceptors (Lipinski definition) is 3. The minimum absolute atomic E-state index is 0.201. The molecule has 0 radical (unpaired) electrons. The molecular weight excluding hydrogens is 278 g/mol. The Bertz CT molecular complexity index is 660. The molecule has 0 saturated carbocycles. The average molecular weight is 301 g/mol. The van der Waals surface area contributed by atoms with Crippen LogP contribution in [0.2, 0.25) is 0 Å². The minimum Gasteiger partial charge on any atom is -0.464 e. The van der Waals surface area contributed by atoms with Crippen molar-refractivity contribution in [1.82, 2.24) is 4.90 Å². The van der Waals surface area contributed by atoms with Crippen molar-refractivity contribution in [2.75, 3.05) is 13.1 Å². The summed E-state index contributed by atoms with van der Waals surface area (Å²) < 4.78 is 10.9. The number of nitrogens with zero attached hydrogens (tertiary/aromatic N) is 1. The second-order valence-electron chi connectivity index (χ2n) is 6.92. The Morgan fingerprint density at radius 3 is 2.64 bits per heavy atom. The standard InChI is InChI=1S/C18H23NO3/c1-18(2,3)22-17(20)19-10-7-13(8-11-19)14-5-4-6-16-15(14)9-12-21-16/h4-6,9,12-13H,7-8,10-11H2,1-3H3. The zero-order chi connectivity index (χ0) is 15.7. The van der Waals surface area contributed by atoms with Crippen LogP contribution < -0.4 is 0 Å². The maximum absolute atomic E-state index is 12.1. The molecule has 4 heteroatoms. The summed E-state index contributed by atoms with van der Waals surface area (Å²) in [5.74, 6) is 0.472. The van der Waals surface area contributed by atoms with Crippen molar-refractivity contribution in [3.8, 4) is 0 Å². The SMILES string of the molecule is CC(C)(C)OC(=O)N1CCC(c2cccc3occc23)CC1. The monoisotopic (exact) mass is 301 g/mol. The van der Waals surface area contributed by atoms with Gasteiger partial charge in [-0.05, 0) is 57.2 Å². The number of ether oxygens (including phenoxy) is 1. The molecule has 1 aliphatic heterocycles. The van der Waals surface area contributed by atoms with Crippen LogP contribution in [0.3, 0.4) is 0 Å². The molecule has 0 atom stereocenters. The zero-order valence-corrected chi connectivity index (χ0v) is 13.5. The molecule has 1 amide bonds. The maximum atomic E-state index is 12.1. The van der Waals surface area contributed by atoms with Gasteiger partial charge in [-0.2, -0.15) is 0 Å². The molecule has 0 unspecified atom stereocenters. The quantitative estimate of drug-likeness (QED) is 0.776. The van der Waals surface area contributed by atoms with E-state index in [-0.39, 0.29) is 6.09 Å². The molecule has 1 fully saturated rings.